The molecule has 0 atom stereocenters. The minimum absolute atomic E-state index is 0.225. The number of rotatable bonds is 4. The van der Waals surface area contributed by atoms with Crippen LogP contribution in [-0.2, 0) is 9.53 Å². The zero-order valence-electron chi connectivity index (χ0n) is 9.87. The summed E-state index contributed by atoms with van der Waals surface area (Å²) in [5.41, 5.74) is 8.50. The van der Waals surface area contributed by atoms with Gasteiger partial charge in [0, 0.05) is 0 Å². The summed E-state index contributed by atoms with van der Waals surface area (Å²) in [4.78, 5) is 10.9. The second-order valence-corrected chi connectivity index (χ2v) is 3.67. The van der Waals surface area contributed by atoms with Gasteiger partial charge in [-0.05, 0) is 31.0 Å². The molecule has 16 heavy (non-hydrogen) atoms. The molecule has 0 aliphatic carbocycles. The molecule has 0 saturated carbocycles. The lowest BCUT2D eigenvalue weighted by Crippen LogP contribution is -2.09. The Morgan fingerprint density at radius 1 is 1.38 bits per heavy atom. The van der Waals surface area contributed by atoms with E-state index in [1.54, 1.807) is 0 Å². The van der Waals surface area contributed by atoms with Crippen LogP contribution in [0.15, 0.2) is 12.1 Å². The predicted octanol–water partition coefficient (Wildman–Crippen LogP) is 1.83. The summed E-state index contributed by atoms with van der Waals surface area (Å²) in [7, 11) is 1.35. The van der Waals surface area contributed by atoms with Crippen LogP contribution < -0.4 is 10.5 Å². The van der Waals surface area contributed by atoms with Crippen LogP contribution in [0.3, 0.4) is 0 Å². The fourth-order valence-corrected chi connectivity index (χ4v) is 1.52. The standard InChI is InChI=1S/C12H17NO3/c1-8-6-9(2)12(10(13)7-8)16-5-4-11(14)15-3/h6-7H,4-5,13H2,1-3H3. The van der Waals surface area contributed by atoms with Crippen molar-refractivity contribution < 1.29 is 14.3 Å². The number of carbonyl (C=O) groups excluding carboxylic acids is 1. The highest BCUT2D eigenvalue weighted by molar-refractivity contribution is 5.69. The molecule has 0 fully saturated rings. The first-order chi connectivity index (χ1) is 7.54. The third kappa shape index (κ3) is 3.15. The van der Waals surface area contributed by atoms with Gasteiger partial charge in [-0.15, -0.1) is 0 Å². The number of esters is 1. The molecule has 0 heterocycles. The van der Waals surface area contributed by atoms with E-state index in [-0.39, 0.29) is 19.0 Å². The van der Waals surface area contributed by atoms with Gasteiger partial charge in [0.05, 0.1) is 25.8 Å². The molecular formula is C12H17NO3. The number of nitrogens with two attached hydrogens (primary N) is 1. The number of hydrogen-bond donors (Lipinski definition) is 1. The van der Waals surface area contributed by atoms with Gasteiger partial charge in [0.25, 0.3) is 0 Å². The Bertz CT molecular complexity index is 365. The first kappa shape index (κ1) is 12.4. The quantitative estimate of drug-likeness (QED) is 0.624. The zero-order valence-corrected chi connectivity index (χ0v) is 9.87. The van der Waals surface area contributed by atoms with Crippen molar-refractivity contribution in [2.45, 2.75) is 20.3 Å². The van der Waals surface area contributed by atoms with Crippen LogP contribution in [0.5, 0.6) is 5.75 Å². The average Bonchev–Trinajstić information content (AvgIpc) is 2.21. The van der Waals surface area contributed by atoms with E-state index in [1.807, 2.05) is 26.0 Å². The van der Waals surface area contributed by atoms with E-state index < -0.39 is 0 Å². The molecule has 0 spiro atoms. The van der Waals surface area contributed by atoms with Crippen molar-refractivity contribution in [1.29, 1.82) is 0 Å². The smallest absolute Gasteiger partial charge is 0.308 e. The van der Waals surface area contributed by atoms with E-state index in [9.17, 15) is 4.79 Å². The second kappa shape index (κ2) is 5.39. The summed E-state index contributed by atoms with van der Waals surface area (Å²) < 4.78 is 9.99. The molecule has 0 aromatic heterocycles. The van der Waals surface area contributed by atoms with Gasteiger partial charge in [0.15, 0.2) is 0 Å². The van der Waals surface area contributed by atoms with Crippen molar-refractivity contribution in [3.63, 3.8) is 0 Å². The number of hydrogen-bond acceptors (Lipinski definition) is 4. The lowest BCUT2D eigenvalue weighted by Gasteiger charge is -2.12. The minimum atomic E-state index is -0.289. The van der Waals surface area contributed by atoms with Gasteiger partial charge in [0.1, 0.15) is 5.75 Å². The van der Waals surface area contributed by atoms with E-state index in [0.29, 0.717) is 11.4 Å². The molecule has 0 saturated heterocycles. The third-order valence-electron chi connectivity index (χ3n) is 2.23. The van der Waals surface area contributed by atoms with Crippen molar-refractivity contribution in [2.24, 2.45) is 0 Å². The van der Waals surface area contributed by atoms with E-state index in [4.69, 9.17) is 10.5 Å². The molecule has 4 heteroatoms. The maximum absolute atomic E-state index is 10.9. The van der Waals surface area contributed by atoms with Gasteiger partial charge in [0.2, 0.25) is 0 Å². The first-order valence-corrected chi connectivity index (χ1v) is 5.11. The van der Waals surface area contributed by atoms with Crippen LogP contribution in [0.25, 0.3) is 0 Å². The molecule has 0 radical (unpaired) electrons. The highest BCUT2D eigenvalue weighted by atomic mass is 16.5. The molecule has 0 unspecified atom stereocenters. The highest BCUT2D eigenvalue weighted by Crippen LogP contribution is 2.27. The van der Waals surface area contributed by atoms with Crippen molar-refractivity contribution in [2.75, 3.05) is 19.5 Å². The van der Waals surface area contributed by atoms with Crippen LogP contribution in [0.4, 0.5) is 5.69 Å². The van der Waals surface area contributed by atoms with E-state index >= 15 is 0 Å². The van der Waals surface area contributed by atoms with E-state index in [0.717, 1.165) is 11.1 Å². The summed E-state index contributed by atoms with van der Waals surface area (Å²) in [5, 5.41) is 0. The Kier molecular flexibility index (Phi) is 4.17. The molecule has 4 nitrogen and oxygen atoms in total. The molecule has 2 N–H and O–H groups in total. The van der Waals surface area contributed by atoms with Gasteiger partial charge >= 0.3 is 5.97 Å². The lowest BCUT2D eigenvalue weighted by atomic mass is 10.1. The number of aryl methyl sites for hydroxylation is 2. The Hall–Kier alpha value is -1.71. The number of benzene rings is 1. The largest absolute Gasteiger partial charge is 0.491 e. The van der Waals surface area contributed by atoms with Gasteiger partial charge in [-0.2, -0.15) is 0 Å². The molecule has 0 amide bonds. The minimum Gasteiger partial charge on any atom is -0.491 e. The molecular weight excluding hydrogens is 206 g/mol. The predicted molar refractivity (Wildman–Crippen MR) is 62.5 cm³/mol. The highest BCUT2D eigenvalue weighted by Gasteiger charge is 2.07. The number of ether oxygens (including phenoxy) is 2. The number of nitrogen functional groups attached to an aromatic ring is 1. The summed E-state index contributed by atoms with van der Waals surface area (Å²) in [5.74, 6) is 0.359. The summed E-state index contributed by atoms with van der Waals surface area (Å²) in [6.07, 6.45) is 0.225. The summed E-state index contributed by atoms with van der Waals surface area (Å²) in [6.45, 7) is 4.18. The number of methoxy groups -OCH3 is 1. The molecule has 1 aromatic carbocycles. The van der Waals surface area contributed by atoms with E-state index in [1.165, 1.54) is 7.11 Å². The van der Waals surface area contributed by atoms with Gasteiger partial charge in [-0.1, -0.05) is 6.07 Å². The number of carbonyl (C=O) groups is 1. The Morgan fingerprint density at radius 3 is 2.62 bits per heavy atom. The van der Waals surface area contributed by atoms with Gasteiger partial charge in [-0.25, -0.2) is 0 Å². The zero-order chi connectivity index (χ0) is 12.1. The Labute approximate surface area is 95.3 Å². The SMILES string of the molecule is COC(=O)CCOc1c(C)cc(C)cc1N. The molecule has 0 aliphatic rings. The molecule has 88 valence electrons. The Morgan fingerprint density at radius 2 is 2.06 bits per heavy atom. The molecule has 0 aliphatic heterocycles. The summed E-state index contributed by atoms with van der Waals surface area (Å²) >= 11 is 0. The van der Waals surface area contributed by atoms with Crippen LogP contribution >= 0.6 is 0 Å². The normalized spacial score (nSPS) is 9.94. The maximum atomic E-state index is 10.9. The van der Waals surface area contributed by atoms with Gasteiger partial charge in [-0.3, -0.25) is 4.79 Å². The van der Waals surface area contributed by atoms with Crippen molar-refractivity contribution in [3.8, 4) is 5.75 Å². The summed E-state index contributed by atoms with van der Waals surface area (Å²) in [6, 6.07) is 3.84. The second-order valence-electron chi connectivity index (χ2n) is 3.67. The van der Waals surface area contributed by atoms with Crippen molar-refractivity contribution in [3.05, 3.63) is 23.3 Å². The average molecular weight is 223 g/mol. The van der Waals surface area contributed by atoms with Crippen LogP contribution in [0.2, 0.25) is 0 Å². The van der Waals surface area contributed by atoms with Crippen molar-refractivity contribution >= 4 is 11.7 Å². The maximum Gasteiger partial charge on any atom is 0.308 e. The first-order valence-electron chi connectivity index (χ1n) is 5.11. The third-order valence-corrected chi connectivity index (χ3v) is 2.23. The topological polar surface area (TPSA) is 61.5 Å². The Balaban J connectivity index is 2.64. The lowest BCUT2D eigenvalue weighted by molar-refractivity contribution is -0.141. The van der Waals surface area contributed by atoms with Gasteiger partial charge < -0.3 is 15.2 Å². The van der Waals surface area contributed by atoms with Crippen LogP contribution in [0.1, 0.15) is 17.5 Å². The fourth-order valence-electron chi connectivity index (χ4n) is 1.52. The molecule has 1 aromatic rings. The molecule has 0 bridgehead atoms. The fraction of sp³-hybridized carbons (Fsp3) is 0.417. The molecule has 1 rings (SSSR count). The number of anilines is 1. The van der Waals surface area contributed by atoms with Crippen LogP contribution in [0, 0.1) is 13.8 Å². The van der Waals surface area contributed by atoms with E-state index in [2.05, 4.69) is 4.74 Å². The van der Waals surface area contributed by atoms with Crippen LogP contribution in [-0.4, -0.2) is 19.7 Å². The van der Waals surface area contributed by atoms with Crippen molar-refractivity contribution in [1.82, 2.24) is 0 Å². The monoisotopic (exact) mass is 223 g/mol.